The second-order valence-electron chi connectivity index (χ2n) is 6.60. The smallest absolute Gasteiger partial charge is 0.329 e. The van der Waals surface area contributed by atoms with E-state index in [9.17, 15) is 9.59 Å². The number of benzene rings is 2. The number of nitrogens with one attached hydrogen (secondary N) is 1. The zero-order valence-electron chi connectivity index (χ0n) is 16.0. The predicted molar refractivity (Wildman–Crippen MR) is 110 cm³/mol. The van der Waals surface area contributed by atoms with E-state index in [1.54, 1.807) is 6.07 Å². The summed E-state index contributed by atoms with van der Waals surface area (Å²) in [6.07, 6.45) is 0. The molecule has 1 amide bonds. The van der Waals surface area contributed by atoms with Crippen molar-refractivity contribution in [2.45, 2.75) is 26.8 Å². The number of carbonyl (C=O) groups is 2. The SMILES string of the molecule is Cc1ccccc1OCCOC(=O)[C@@H](NC(=O)c1ccc(Cl)cc1Cl)C(C)C. The third-order valence-electron chi connectivity index (χ3n) is 4.06. The number of ether oxygens (including phenoxy) is 2. The molecule has 0 heterocycles. The first kappa shape index (κ1) is 22.1. The normalized spacial score (nSPS) is 11.8. The van der Waals surface area contributed by atoms with Crippen molar-refractivity contribution in [2.75, 3.05) is 13.2 Å². The number of amides is 1. The minimum Gasteiger partial charge on any atom is -0.490 e. The lowest BCUT2D eigenvalue weighted by Gasteiger charge is -2.21. The van der Waals surface area contributed by atoms with Crippen LogP contribution in [-0.4, -0.2) is 31.1 Å². The molecule has 2 rings (SSSR count). The molecule has 0 spiro atoms. The number of para-hydroxylation sites is 1. The third-order valence-corrected chi connectivity index (χ3v) is 4.61. The number of carbonyl (C=O) groups excluding carboxylic acids is 2. The van der Waals surface area contributed by atoms with Crippen LogP contribution in [0.2, 0.25) is 10.0 Å². The fraction of sp³-hybridized carbons (Fsp3) is 0.333. The molecule has 0 aliphatic rings. The van der Waals surface area contributed by atoms with Gasteiger partial charge in [0.15, 0.2) is 0 Å². The Labute approximate surface area is 174 Å². The maximum atomic E-state index is 12.5. The number of rotatable bonds is 8. The highest BCUT2D eigenvalue weighted by Gasteiger charge is 2.27. The molecule has 0 unspecified atom stereocenters. The fourth-order valence-electron chi connectivity index (χ4n) is 2.49. The van der Waals surface area contributed by atoms with Crippen molar-refractivity contribution in [3.05, 3.63) is 63.6 Å². The van der Waals surface area contributed by atoms with Crippen molar-refractivity contribution >= 4 is 35.1 Å². The van der Waals surface area contributed by atoms with Crippen LogP contribution >= 0.6 is 23.2 Å². The first-order chi connectivity index (χ1) is 13.3. The molecule has 2 aromatic rings. The Morgan fingerprint density at radius 2 is 1.79 bits per heavy atom. The van der Waals surface area contributed by atoms with Gasteiger partial charge in [-0.1, -0.05) is 55.2 Å². The quantitative estimate of drug-likeness (QED) is 0.494. The van der Waals surface area contributed by atoms with Gasteiger partial charge in [0, 0.05) is 5.02 Å². The van der Waals surface area contributed by atoms with E-state index in [0.717, 1.165) is 11.3 Å². The molecule has 0 aromatic heterocycles. The molecule has 2 aromatic carbocycles. The summed E-state index contributed by atoms with van der Waals surface area (Å²) in [4.78, 5) is 24.9. The lowest BCUT2D eigenvalue weighted by molar-refractivity contribution is -0.147. The first-order valence-electron chi connectivity index (χ1n) is 8.90. The minimum atomic E-state index is -0.808. The van der Waals surface area contributed by atoms with E-state index < -0.39 is 17.9 Å². The number of aryl methyl sites for hydroxylation is 1. The number of esters is 1. The molecule has 7 heteroatoms. The summed E-state index contributed by atoms with van der Waals surface area (Å²) >= 11 is 11.9. The predicted octanol–water partition coefficient (Wildman–Crippen LogP) is 4.68. The van der Waals surface area contributed by atoms with E-state index >= 15 is 0 Å². The van der Waals surface area contributed by atoms with Gasteiger partial charge in [-0.2, -0.15) is 0 Å². The van der Waals surface area contributed by atoms with Gasteiger partial charge >= 0.3 is 5.97 Å². The van der Waals surface area contributed by atoms with Crippen LogP contribution in [0.25, 0.3) is 0 Å². The van der Waals surface area contributed by atoms with Gasteiger partial charge in [-0.15, -0.1) is 0 Å². The first-order valence-corrected chi connectivity index (χ1v) is 9.66. The van der Waals surface area contributed by atoms with Crippen LogP contribution in [-0.2, 0) is 9.53 Å². The van der Waals surface area contributed by atoms with Gasteiger partial charge in [0.05, 0.1) is 10.6 Å². The second kappa shape index (κ2) is 10.3. The molecule has 0 saturated carbocycles. The van der Waals surface area contributed by atoms with Gasteiger partial charge in [-0.05, 0) is 42.7 Å². The van der Waals surface area contributed by atoms with Gasteiger partial charge in [-0.25, -0.2) is 4.79 Å². The summed E-state index contributed by atoms with van der Waals surface area (Å²) in [5.41, 5.74) is 1.24. The van der Waals surface area contributed by atoms with Crippen molar-refractivity contribution in [2.24, 2.45) is 5.92 Å². The van der Waals surface area contributed by atoms with Crippen molar-refractivity contribution in [3.8, 4) is 5.75 Å². The van der Waals surface area contributed by atoms with Crippen LogP contribution in [0.4, 0.5) is 0 Å². The molecule has 0 aliphatic heterocycles. The van der Waals surface area contributed by atoms with Gasteiger partial charge in [0.1, 0.15) is 25.0 Å². The Balaban J connectivity index is 1.90. The number of hydrogen-bond donors (Lipinski definition) is 1. The van der Waals surface area contributed by atoms with E-state index in [0.29, 0.717) is 5.02 Å². The zero-order chi connectivity index (χ0) is 20.7. The van der Waals surface area contributed by atoms with E-state index in [2.05, 4.69) is 5.32 Å². The van der Waals surface area contributed by atoms with Crippen LogP contribution in [0.5, 0.6) is 5.75 Å². The maximum Gasteiger partial charge on any atom is 0.329 e. The molecule has 0 bridgehead atoms. The highest BCUT2D eigenvalue weighted by atomic mass is 35.5. The lowest BCUT2D eigenvalue weighted by atomic mass is 10.0. The lowest BCUT2D eigenvalue weighted by Crippen LogP contribution is -2.45. The Bertz CT molecular complexity index is 839. The average Bonchev–Trinajstić information content (AvgIpc) is 2.64. The van der Waals surface area contributed by atoms with E-state index in [4.69, 9.17) is 32.7 Å². The molecular formula is C21H23Cl2NO4. The van der Waals surface area contributed by atoms with Gasteiger partial charge in [0.2, 0.25) is 0 Å². The van der Waals surface area contributed by atoms with E-state index in [1.807, 2.05) is 45.0 Å². The van der Waals surface area contributed by atoms with Crippen LogP contribution in [0.3, 0.4) is 0 Å². The van der Waals surface area contributed by atoms with Gasteiger partial charge in [0.25, 0.3) is 5.91 Å². The molecule has 0 saturated heterocycles. The summed E-state index contributed by atoms with van der Waals surface area (Å²) in [5.74, 6) is -0.417. The van der Waals surface area contributed by atoms with Crippen LogP contribution < -0.4 is 10.1 Å². The Kier molecular flexibility index (Phi) is 8.15. The Morgan fingerprint density at radius 1 is 1.07 bits per heavy atom. The summed E-state index contributed by atoms with van der Waals surface area (Å²) in [6.45, 7) is 5.87. The molecule has 28 heavy (non-hydrogen) atoms. The van der Waals surface area contributed by atoms with Crippen molar-refractivity contribution in [1.82, 2.24) is 5.32 Å². The molecule has 0 aliphatic carbocycles. The average molecular weight is 424 g/mol. The van der Waals surface area contributed by atoms with Gasteiger partial charge in [-0.3, -0.25) is 4.79 Å². The minimum absolute atomic E-state index is 0.0773. The van der Waals surface area contributed by atoms with Crippen LogP contribution in [0.1, 0.15) is 29.8 Å². The van der Waals surface area contributed by atoms with Crippen molar-refractivity contribution in [1.29, 1.82) is 0 Å². The molecular weight excluding hydrogens is 401 g/mol. The number of halogens is 2. The second-order valence-corrected chi connectivity index (χ2v) is 7.44. The Morgan fingerprint density at radius 3 is 2.43 bits per heavy atom. The summed E-state index contributed by atoms with van der Waals surface area (Å²) in [6, 6.07) is 11.3. The van der Waals surface area contributed by atoms with E-state index in [-0.39, 0.29) is 29.7 Å². The van der Waals surface area contributed by atoms with Crippen molar-refractivity contribution in [3.63, 3.8) is 0 Å². The van der Waals surface area contributed by atoms with Crippen molar-refractivity contribution < 1.29 is 19.1 Å². The Hall–Kier alpha value is -2.24. The maximum absolute atomic E-state index is 12.5. The molecule has 1 atom stereocenters. The van der Waals surface area contributed by atoms with Crippen LogP contribution in [0.15, 0.2) is 42.5 Å². The summed E-state index contributed by atoms with van der Waals surface area (Å²) in [5, 5.41) is 3.32. The standard InChI is InChI=1S/C21H23Cl2NO4/c1-13(2)19(24-20(25)16-9-8-15(22)12-17(16)23)21(26)28-11-10-27-18-7-5-4-6-14(18)3/h4-9,12-13,19H,10-11H2,1-3H3,(H,24,25)/t19-/m0/s1. The zero-order valence-corrected chi connectivity index (χ0v) is 17.5. The molecule has 150 valence electrons. The number of hydrogen-bond acceptors (Lipinski definition) is 4. The van der Waals surface area contributed by atoms with Crippen LogP contribution in [0, 0.1) is 12.8 Å². The topological polar surface area (TPSA) is 64.6 Å². The molecule has 0 fully saturated rings. The molecule has 1 N–H and O–H groups in total. The summed E-state index contributed by atoms with van der Waals surface area (Å²) < 4.78 is 10.9. The van der Waals surface area contributed by atoms with E-state index in [1.165, 1.54) is 12.1 Å². The van der Waals surface area contributed by atoms with Gasteiger partial charge < -0.3 is 14.8 Å². The largest absolute Gasteiger partial charge is 0.490 e. The fourth-order valence-corrected chi connectivity index (χ4v) is 2.99. The third kappa shape index (κ3) is 6.14. The molecule has 5 nitrogen and oxygen atoms in total. The molecule has 0 radical (unpaired) electrons. The highest BCUT2D eigenvalue weighted by Crippen LogP contribution is 2.21. The highest BCUT2D eigenvalue weighted by molar-refractivity contribution is 6.36. The monoisotopic (exact) mass is 423 g/mol. The summed E-state index contributed by atoms with van der Waals surface area (Å²) in [7, 11) is 0.